The molecule has 0 radical (unpaired) electrons. The van der Waals surface area contributed by atoms with Crippen LogP contribution in [0, 0.1) is 0 Å². The Bertz CT molecular complexity index is 637. The summed E-state index contributed by atoms with van der Waals surface area (Å²) >= 11 is 6.03. The Kier molecular flexibility index (Phi) is 4.75. The van der Waals surface area contributed by atoms with Gasteiger partial charge < -0.3 is 10.1 Å². The first-order valence-electron chi connectivity index (χ1n) is 6.19. The maximum Gasteiger partial charge on any atom is 0.287 e. The van der Waals surface area contributed by atoms with E-state index in [1.54, 1.807) is 24.2 Å². The molecule has 0 unspecified atom stereocenters. The van der Waals surface area contributed by atoms with Gasteiger partial charge in [-0.2, -0.15) is 10.2 Å². The average molecular weight is 298 g/mol. The minimum Gasteiger partial charge on any atom is -0.383 e. The van der Waals surface area contributed by atoms with E-state index in [-0.39, 0.29) is 10.6 Å². The number of hydrogen-bond acceptors (Lipinski definition) is 5. The van der Waals surface area contributed by atoms with Gasteiger partial charge in [0.1, 0.15) is 5.02 Å². The second-order valence-electron chi connectivity index (χ2n) is 4.10. The lowest BCUT2D eigenvalue weighted by Crippen LogP contribution is -2.22. The van der Waals surface area contributed by atoms with Gasteiger partial charge in [-0.3, -0.25) is 9.48 Å². The van der Waals surface area contributed by atoms with Crippen LogP contribution in [0.3, 0.4) is 0 Å². The van der Waals surface area contributed by atoms with Gasteiger partial charge in [0.25, 0.3) is 5.56 Å². The molecular weight excluding hydrogens is 282 g/mol. The lowest BCUT2D eigenvalue weighted by Gasteiger charge is -2.07. The summed E-state index contributed by atoms with van der Waals surface area (Å²) in [6.07, 6.45) is 4.98. The summed E-state index contributed by atoms with van der Waals surface area (Å²) in [5.41, 5.74) is 0.886. The van der Waals surface area contributed by atoms with Crippen LogP contribution in [0.15, 0.2) is 23.4 Å². The van der Waals surface area contributed by atoms with E-state index in [0.717, 1.165) is 5.69 Å². The molecule has 2 heterocycles. The minimum absolute atomic E-state index is 0.117. The highest BCUT2D eigenvalue weighted by Gasteiger charge is 2.09. The van der Waals surface area contributed by atoms with Crippen LogP contribution in [0.4, 0.5) is 11.4 Å². The second-order valence-corrected chi connectivity index (χ2v) is 4.48. The van der Waals surface area contributed by atoms with Crippen LogP contribution in [0.5, 0.6) is 0 Å². The molecule has 0 amide bonds. The lowest BCUT2D eigenvalue weighted by molar-refractivity contribution is 0.183. The summed E-state index contributed by atoms with van der Waals surface area (Å²) in [5.74, 6) is 0. The lowest BCUT2D eigenvalue weighted by atomic mass is 10.4. The van der Waals surface area contributed by atoms with Crippen molar-refractivity contribution in [2.45, 2.75) is 20.0 Å². The Balaban J connectivity index is 2.16. The third kappa shape index (κ3) is 3.17. The molecule has 0 spiro atoms. The Morgan fingerprint density at radius 2 is 2.20 bits per heavy atom. The first-order chi connectivity index (χ1) is 9.65. The summed E-state index contributed by atoms with van der Waals surface area (Å²) in [7, 11) is 1.64. The van der Waals surface area contributed by atoms with E-state index in [2.05, 4.69) is 15.5 Å². The number of ether oxygens (including phenoxy) is 1. The van der Waals surface area contributed by atoms with Gasteiger partial charge in [-0.1, -0.05) is 11.6 Å². The highest BCUT2D eigenvalue weighted by molar-refractivity contribution is 6.33. The standard InChI is InChI=1S/C12H16ClN5O2/c1-3-18-12(19)11(13)10(7-15-18)16-9-6-14-17(8-9)4-5-20-2/h6-8,16H,3-5H2,1-2H3. The zero-order valence-electron chi connectivity index (χ0n) is 11.3. The van der Waals surface area contributed by atoms with Crippen molar-refractivity contribution in [1.29, 1.82) is 0 Å². The van der Waals surface area contributed by atoms with Crippen LogP contribution < -0.4 is 10.9 Å². The fraction of sp³-hybridized carbons (Fsp3) is 0.417. The van der Waals surface area contributed by atoms with Crippen molar-refractivity contribution in [2.75, 3.05) is 19.0 Å². The van der Waals surface area contributed by atoms with Gasteiger partial charge in [0.05, 0.1) is 36.9 Å². The SMILES string of the molecule is CCn1ncc(Nc2cnn(CCOC)c2)c(Cl)c1=O. The molecule has 0 saturated heterocycles. The summed E-state index contributed by atoms with van der Waals surface area (Å²) in [5, 5.41) is 11.3. The monoisotopic (exact) mass is 297 g/mol. The number of hydrogen-bond donors (Lipinski definition) is 1. The molecule has 20 heavy (non-hydrogen) atoms. The van der Waals surface area contributed by atoms with Crippen LogP contribution in [-0.4, -0.2) is 33.3 Å². The maximum atomic E-state index is 11.8. The molecule has 8 heteroatoms. The molecule has 0 aliphatic rings. The molecule has 0 atom stereocenters. The van der Waals surface area contributed by atoms with Crippen LogP contribution in [-0.2, 0) is 17.8 Å². The maximum absolute atomic E-state index is 11.8. The number of anilines is 2. The van der Waals surface area contributed by atoms with E-state index in [9.17, 15) is 4.79 Å². The molecule has 0 aliphatic carbocycles. The fourth-order valence-corrected chi connectivity index (χ4v) is 1.86. The van der Waals surface area contributed by atoms with Gasteiger partial charge in [0.2, 0.25) is 0 Å². The van der Waals surface area contributed by atoms with Crippen molar-refractivity contribution in [3.63, 3.8) is 0 Å². The number of nitrogens with zero attached hydrogens (tertiary/aromatic N) is 4. The Labute approximate surface area is 121 Å². The molecule has 2 aromatic rings. The van der Waals surface area contributed by atoms with Crippen molar-refractivity contribution in [3.8, 4) is 0 Å². The highest BCUT2D eigenvalue weighted by atomic mass is 35.5. The van der Waals surface area contributed by atoms with E-state index in [0.29, 0.717) is 25.4 Å². The zero-order chi connectivity index (χ0) is 14.5. The second kappa shape index (κ2) is 6.53. The van der Waals surface area contributed by atoms with Crippen LogP contribution in [0.2, 0.25) is 5.02 Å². The van der Waals surface area contributed by atoms with Crippen molar-refractivity contribution < 1.29 is 4.74 Å². The summed E-state index contributed by atoms with van der Waals surface area (Å²) in [6.45, 7) is 3.54. The van der Waals surface area contributed by atoms with Crippen molar-refractivity contribution in [3.05, 3.63) is 34.0 Å². The van der Waals surface area contributed by atoms with Crippen LogP contribution >= 0.6 is 11.6 Å². The molecule has 108 valence electrons. The summed E-state index contributed by atoms with van der Waals surface area (Å²) in [4.78, 5) is 11.8. The average Bonchev–Trinajstić information content (AvgIpc) is 2.89. The van der Waals surface area contributed by atoms with Crippen molar-refractivity contribution in [1.82, 2.24) is 19.6 Å². The first kappa shape index (κ1) is 14.5. The van der Waals surface area contributed by atoms with Gasteiger partial charge in [0, 0.05) is 19.9 Å². The fourth-order valence-electron chi connectivity index (χ4n) is 1.67. The van der Waals surface area contributed by atoms with Crippen LogP contribution in [0.25, 0.3) is 0 Å². The molecule has 7 nitrogen and oxygen atoms in total. The number of rotatable bonds is 6. The first-order valence-corrected chi connectivity index (χ1v) is 6.57. The van der Waals surface area contributed by atoms with Gasteiger partial charge in [-0.05, 0) is 6.92 Å². The molecule has 0 aliphatic heterocycles. The van der Waals surface area contributed by atoms with Gasteiger partial charge in [-0.15, -0.1) is 0 Å². The quantitative estimate of drug-likeness (QED) is 0.875. The van der Waals surface area contributed by atoms with E-state index < -0.39 is 0 Å². The van der Waals surface area contributed by atoms with Gasteiger partial charge in [0.15, 0.2) is 0 Å². The van der Waals surface area contributed by atoms with E-state index in [1.165, 1.54) is 10.9 Å². The largest absolute Gasteiger partial charge is 0.383 e. The molecule has 2 rings (SSSR count). The Morgan fingerprint density at radius 1 is 1.40 bits per heavy atom. The van der Waals surface area contributed by atoms with Crippen molar-refractivity contribution in [2.24, 2.45) is 0 Å². The molecule has 0 aromatic carbocycles. The number of nitrogens with one attached hydrogen (secondary N) is 1. The predicted molar refractivity (Wildman–Crippen MR) is 76.6 cm³/mol. The van der Waals surface area contributed by atoms with E-state index >= 15 is 0 Å². The van der Waals surface area contributed by atoms with Gasteiger partial charge >= 0.3 is 0 Å². The third-order valence-electron chi connectivity index (χ3n) is 2.72. The van der Waals surface area contributed by atoms with Gasteiger partial charge in [-0.25, -0.2) is 4.68 Å². The molecule has 0 fully saturated rings. The summed E-state index contributed by atoms with van der Waals surface area (Å²) < 4.78 is 8.01. The van der Waals surface area contributed by atoms with Crippen LogP contribution in [0.1, 0.15) is 6.92 Å². The van der Waals surface area contributed by atoms with E-state index in [4.69, 9.17) is 16.3 Å². The number of methoxy groups -OCH3 is 1. The Morgan fingerprint density at radius 3 is 2.90 bits per heavy atom. The molecule has 0 saturated carbocycles. The molecule has 1 N–H and O–H groups in total. The third-order valence-corrected chi connectivity index (χ3v) is 3.09. The van der Waals surface area contributed by atoms with Crippen molar-refractivity contribution >= 4 is 23.0 Å². The molecule has 2 aromatic heterocycles. The number of aryl methyl sites for hydroxylation is 1. The number of aromatic nitrogens is 4. The highest BCUT2D eigenvalue weighted by Crippen LogP contribution is 2.20. The molecular formula is C12H16ClN5O2. The minimum atomic E-state index is -0.314. The number of halogens is 1. The Hall–Kier alpha value is -1.86. The smallest absolute Gasteiger partial charge is 0.287 e. The normalized spacial score (nSPS) is 10.8. The zero-order valence-corrected chi connectivity index (χ0v) is 12.1. The molecule has 0 bridgehead atoms. The predicted octanol–water partition coefficient (Wildman–Crippen LogP) is 1.50. The topological polar surface area (TPSA) is 74.0 Å². The van der Waals surface area contributed by atoms with E-state index in [1.807, 2.05) is 6.92 Å². The summed E-state index contributed by atoms with van der Waals surface area (Å²) in [6, 6.07) is 0.